The Balaban J connectivity index is 2.00. The molecule has 1 aliphatic rings. The molecule has 0 aliphatic carbocycles. The number of nitrogens with one attached hydrogen (secondary N) is 2. The number of anilines is 1. The van der Waals surface area contributed by atoms with E-state index in [4.69, 9.17) is 0 Å². The van der Waals surface area contributed by atoms with Crippen molar-refractivity contribution in [3.05, 3.63) is 24.5 Å². The molecule has 0 fully saturated rings. The van der Waals surface area contributed by atoms with E-state index in [-0.39, 0.29) is 12.2 Å². The first-order valence-electron chi connectivity index (χ1n) is 3.85. The molecule has 1 amide bonds. The molecular formula is C8H8N4O. The minimum absolute atomic E-state index is 0.179. The summed E-state index contributed by atoms with van der Waals surface area (Å²) >= 11 is 0. The third kappa shape index (κ3) is 1.81. The Kier molecular flexibility index (Phi) is 1.91. The van der Waals surface area contributed by atoms with E-state index < -0.39 is 0 Å². The van der Waals surface area contributed by atoms with Crippen molar-refractivity contribution in [1.29, 1.82) is 0 Å². The summed E-state index contributed by atoms with van der Waals surface area (Å²) in [6, 6.07) is 3.66. The molecule has 0 aromatic carbocycles. The molecule has 2 rings (SSSR count). The van der Waals surface area contributed by atoms with Gasteiger partial charge in [-0.25, -0.2) is 4.99 Å². The van der Waals surface area contributed by atoms with E-state index in [0.29, 0.717) is 0 Å². The van der Waals surface area contributed by atoms with Crippen LogP contribution in [0.25, 0.3) is 0 Å². The van der Waals surface area contributed by atoms with Crippen molar-refractivity contribution in [3.63, 3.8) is 0 Å². The summed E-state index contributed by atoms with van der Waals surface area (Å²) < 4.78 is 0. The standard InChI is InChI=1S/C8H8N4O/c13-7-5-10-8(12-7)11-6-2-1-3-9-4-6/h1-5,8,11H,(H,12,13). The van der Waals surface area contributed by atoms with Gasteiger partial charge in [-0.15, -0.1) is 0 Å². The van der Waals surface area contributed by atoms with Gasteiger partial charge in [-0.3, -0.25) is 9.78 Å². The number of hydrogen-bond donors (Lipinski definition) is 2. The summed E-state index contributed by atoms with van der Waals surface area (Å²) in [7, 11) is 0. The molecule has 66 valence electrons. The first-order valence-corrected chi connectivity index (χ1v) is 3.85. The van der Waals surface area contributed by atoms with Crippen LogP contribution in [0.15, 0.2) is 29.5 Å². The van der Waals surface area contributed by atoms with E-state index in [1.54, 1.807) is 12.4 Å². The number of aromatic nitrogens is 1. The molecule has 1 aromatic heterocycles. The van der Waals surface area contributed by atoms with Crippen LogP contribution in [-0.4, -0.2) is 23.4 Å². The van der Waals surface area contributed by atoms with Crippen molar-refractivity contribution < 1.29 is 4.79 Å². The number of carbonyl (C=O) groups excluding carboxylic acids is 1. The van der Waals surface area contributed by atoms with Crippen LogP contribution < -0.4 is 10.6 Å². The van der Waals surface area contributed by atoms with Gasteiger partial charge in [0.05, 0.1) is 18.1 Å². The molecule has 2 N–H and O–H groups in total. The number of rotatable bonds is 2. The van der Waals surface area contributed by atoms with E-state index in [0.717, 1.165) is 5.69 Å². The third-order valence-electron chi connectivity index (χ3n) is 1.58. The molecule has 0 bridgehead atoms. The van der Waals surface area contributed by atoms with Gasteiger partial charge in [-0.05, 0) is 12.1 Å². The number of nitrogens with zero attached hydrogens (tertiary/aromatic N) is 2. The molecule has 5 nitrogen and oxygen atoms in total. The lowest BCUT2D eigenvalue weighted by molar-refractivity contribution is -0.114. The van der Waals surface area contributed by atoms with Crippen molar-refractivity contribution in [2.24, 2.45) is 4.99 Å². The lowest BCUT2D eigenvalue weighted by atomic mass is 10.4. The van der Waals surface area contributed by atoms with E-state index in [1.165, 1.54) is 6.21 Å². The zero-order valence-corrected chi connectivity index (χ0v) is 6.77. The number of hydrogen-bond acceptors (Lipinski definition) is 4. The van der Waals surface area contributed by atoms with Crippen LogP contribution in [0.3, 0.4) is 0 Å². The van der Waals surface area contributed by atoms with E-state index >= 15 is 0 Å². The van der Waals surface area contributed by atoms with Crippen molar-refractivity contribution in [1.82, 2.24) is 10.3 Å². The monoisotopic (exact) mass is 176 g/mol. The van der Waals surface area contributed by atoms with Crippen LogP contribution in [0.2, 0.25) is 0 Å². The topological polar surface area (TPSA) is 66.4 Å². The van der Waals surface area contributed by atoms with E-state index in [2.05, 4.69) is 20.6 Å². The second kappa shape index (κ2) is 3.22. The zero-order chi connectivity index (χ0) is 9.10. The van der Waals surface area contributed by atoms with Crippen LogP contribution in [0, 0.1) is 0 Å². The molecule has 1 unspecified atom stereocenters. The molecule has 13 heavy (non-hydrogen) atoms. The molecule has 0 saturated carbocycles. The van der Waals surface area contributed by atoms with Gasteiger partial charge in [0.15, 0.2) is 6.29 Å². The highest BCUT2D eigenvalue weighted by molar-refractivity contribution is 6.27. The summed E-state index contributed by atoms with van der Waals surface area (Å²) in [6.07, 6.45) is 4.24. The number of amides is 1. The van der Waals surface area contributed by atoms with Crippen LogP contribution in [0.5, 0.6) is 0 Å². The van der Waals surface area contributed by atoms with Crippen LogP contribution >= 0.6 is 0 Å². The summed E-state index contributed by atoms with van der Waals surface area (Å²) in [6.45, 7) is 0. The smallest absolute Gasteiger partial charge is 0.265 e. The summed E-state index contributed by atoms with van der Waals surface area (Å²) in [5.41, 5.74) is 0.826. The quantitative estimate of drug-likeness (QED) is 0.665. The average Bonchev–Trinajstić information content (AvgIpc) is 2.53. The van der Waals surface area contributed by atoms with Crippen LogP contribution in [0.4, 0.5) is 5.69 Å². The Morgan fingerprint density at radius 1 is 1.54 bits per heavy atom. The fourth-order valence-corrected chi connectivity index (χ4v) is 1.03. The number of carbonyl (C=O) groups is 1. The van der Waals surface area contributed by atoms with Gasteiger partial charge < -0.3 is 10.6 Å². The van der Waals surface area contributed by atoms with Crippen LogP contribution in [0.1, 0.15) is 0 Å². The molecule has 1 atom stereocenters. The van der Waals surface area contributed by atoms with Crippen molar-refractivity contribution in [2.75, 3.05) is 5.32 Å². The zero-order valence-electron chi connectivity index (χ0n) is 6.77. The summed E-state index contributed by atoms with van der Waals surface area (Å²) in [4.78, 5) is 18.5. The fourth-order valence-electron chi connectivity index (χ4n) is 1.03. The maximum absolute atomic E-state index is 10.7. The maximum Gasteiger partial charge on any atom is 0.265 e. The molecule has 1 aromatic rings. The Bertz CT molecular complexity index is 335. The lowest BCUT2D eigenvalue weighted by Gasteiger charge is -2.10. The highest BCUT2D eigenvalue weighted by Crippen LogP contribution is 2.05. The van der Waals surface area contributed by atoms with Gasteiger partial charge in [0.2, 0.25) is 0 Å². The summed E-state index contributed by atoms with van der Waals surface area (Å²) in [5.74, 6) is -0.179. The molecular weight excluding hydrogens is 168 g/mol. The predicted molar refractivity (Wildman–Crippen MR) is 48.3 cm³/mol. The maximum atomic E-state index is 10.7. The van der Waals surface area contributed by atoms with Gasteiger partial charge in [-0.1, -0.05) is 0 Å². The van der Waals surface area contributed by atoms with Gasteiger partial charge in [0.25, 0.3) is 5.91 Å². The second-order valence-corrected chi connectivity index (χ2v) is 2.58. The van der Waals surface area contributed by atoms with Crippen molar-refractivity contribution in [3.8, 4) is 0 Å². The van der Waals surface area contributed by atoms with E-state index in [1.807, 2.05) is 12.1 Å². The largest absolute Gasteiger partial charge is 0.346 e. The highest BCUT2D eigenvalue weighted by atomic mass is 16.2. The van der Waals surface area contributed by atoms with Crippen molar-refractivity contribution in [2.45, 2.75) is 6.29 Å². The lowest BCUT2D eigenvalue weighted by Crippen LogP contribution is -2.33. The summed E-state index contributed by atoms with van der Waals surface area (Å²) in [5, 5.41) is 5.58. The second-order valence-electron chi connectivity index (χ2n) is 2.58. The number of pyridine rings is 1. The van der Waals surface area contributed by atoms with Gasteiger partial charge in [0, 0.05) is 6.20 Å². The first-order chi connectivity index (χ1) is 6.34. The molecule has 0 spiro atoms. The first kappa shape index (κ1) is 7.72. The Labute approximate surface area is 74.9 Å². The highest BCUT2D eigenvalue weighted by Gasteiger charge is 2.14. The molecule has 1 aliphatic heterocycles. The Morgan fingerprint density at radius 2 is 2.46 bits per heavy atom. The fraction of sp³-hybridized carbons (Fsp3) is 0.125. The molecule has 5 heteroatoms. The SMILES string of the molecule is O=C1C=NC(Nc2cccnc2)N1. The predicted octanol–water partition coefficient (Wildman–Crippen LogP) is -0.0223. The molecule has 2 heterocycles. The van der Waals surface area contributed by atoms with E-state index in [9.17, 15) is 4.79 Å². The minimum Gasteiger partial charge on any atom is -0.346 e. The molecule has 0 radical (unpaired) electrons. The molecule has 0 saturated heterocycles. The third-order valence-corrected chi connectivity index (χ3v) is 1.58. The Morgan fingerprint density at radius 3 is 3.08 bits per heavy atom. The minimum atomic E-state index is -0.364. The van der Waals surface area contributed by atoms with Gasteiger partial charge in [-0.2, -0.15) is 0 Å². The average molecular weight is 176 g/mol. The van der Waals surface area contributed by atoms with Crippen LogP contribution in [-0.2, 0) is 4.79 Å². The van der Waals surface area contributed by atoms with Crippen molar-refractivity contribution >= 4 is 17.8 Å². The normalized spacial score (nSPS) is 20.0. The van der Waals surface area contributed by atoms with Gasteiger partial charge in [0.1, 0.15) is 0 Å². The van der Waals surface area contributed by atoms with Gasteiger partial charge >= 0.3 is 0 Å². The Hall–Kier alpha value is -1.91. The number of aliphatic imine (C=N–C) groups is 1.